The molecule has 2 atom stereocenters. The third-order valence-corrected chi connectivity index (χ3v) is 3.75. The number of nitrogens with one attached hydrogen (secondary N) is 1. The molecule has 4 heteroatoms. The molecule has 3 heterocycles. The Morgan fingerprint density at radius 3 is 2.94 bits per heavy atom. The summed E-state index contributed by atoms with van der Waals surface area (Å²) in [6.07, 6.45) is 4.66. The monoisotopic (exact) mass is 236 g/mol. The van der Waals surface area contributed by atoms with Crippen LogP contribution in [0.25, 0.3) is 0 Å². The Morgan fingerprint density at radius 1 is 1.29 bits per heavy atom. The molecule has 94 valence electrons. The molecule has 0 spiro atoms. The highest BCUT2D eigenvalue weighted by atomic mass is 16.5. The van der Waals surface area contributed by atoms with Gasteiger partial charge >= 0.3 is 0 Å². The van der Waals surface area contributed by atoms with Crippen molar-refractivity contribution in [2.45, 2.75) is 44.6 Å². The summed E-state index contributed by atoms with van der Waals surface area (Å²) in [5, 5.41) is 3.43. The molecule has 3 rings (SSSR count). The molecule has 2 aliphatic rings. The second-order valence-electron chi connectivity index (χ2n) is 5.06. The van der Waals surface area contributed by atoms with Crippen molar-refractivity contribution in [3.63, 3.8) is 0 Å². The van der Waals surface area contributed by atoms with Crippen LogP contribution in [0, 0.1) is 6.92 Å². The Balaban J connectivity index is 1.79. The minimum absolute atomic E-state index is 0.326. The van der Waals surface area contributed by atoms with Crippen molar-refractivity contribution in [2.24, 2.45) is 0 Å². The molecule has 2 fully saturated rings. The van der Waals surface area contributed by atoms with Crippen molar-refractivity contribution in [3.05, 3.63) is 17.3 Å². The van der Waals surface area contributed by atoms with E-state index in [1.54, 1.807) is 0 Å². The van der Waals surface area contributed by atoms with Gasteiger partial charge in [0.1, 0.15) is 5.76 Å². The van der Waals surface area contributed by atoms with Crippen LogP contribution in [0.15, 0.2) is 4.42 Å². The highest BCUT2D eigenvalue weighted by Gasteiger charge is 2.26. The molecule has 1 aromatic heterocycles. The Labute approximate surface area is 102 Å². The van der Waals surface area contributed by atoms with Crippen molar-refractivity contribution in [1.29, 1.82) is 0 Å². The molecular formula is C13H20N2O2. The Morgan fingerprint density at radius 2 is 2.24 bits per heavy atom. The maximum absolute atomic E-state index is 5.82. The van der Waals surface area contributed by atoms with E-state index in [-0.39, 0.29) is 0 Å². The topological polar surface area (TPSA) is 47.3 Å². The van der Waals surface area contributed by atoms with Crippen LogP contribution in [0.5, 0.6) is 0 Å². The molecule has 0 amide bonds. The van der Waals surface area contributed by atoms with Crippen molar-refractivity contribution in [3.8, 4) is 0 Å². The van der Waals surface area contributed by atoms with Gasteiger partial charge in [-0.2, -0.15) is 0 Å². The van der Waals surface area contributed by atoms with Crippen molar-refractivity contribution in [1.82, 2.24) is 10.3 Å². The molecular weight excluding hydrogens is 216 g/mol. The fraction of sp³-hybridized carbons (Fsp3) is 0.769. The van der Waals surface area contributed by atoms with Crippen LogP contribution in [0.4, 0.5) is 0 Å². The lowest BCUT2D eigenvalue weighted by molar-refractivity contribution is 0.0790. The van der Waals surface area contributed by atoms with Crippen molar-refractivity contribution < 1.29 is 9.15 Å². The number of oxazole rings is 1. The van der Waals surface area contributed by atoms with Gasteiger partial charge in [0.05, 0.1) is 18.3 Å². The van der Waals surface area contributed by atoms with Gasteiger partial charge < -0.3 is 14.5 Å². The standard InChI is InChI=1S/C13H20N2O2/c1-9-12(10-4-3-7-16-8-10)15-13(17-9)11-5-2-6-14-11/h10-11,14H,2-8H2,1H3. The van der Waals surface area contributed by atoms with Gasteiger partial charge in [-0.05, 0) is 39.2 Å². The van der Waals surface area contributed by atoms with Gasteiger partial charge in [-0.25, -0.2) is 4.98 Å². The fourth-order valence-electron chi connectivity index (χ4n) is 2.81. The maximum Gasteiger partial charge on any atom is 0.211 e. The molecule has 2 saturated heterocycles. The second kappa shape index (κ2) is 4.78. The smallest absolute Gasteiger partial charge is 0.211 e. The zero-order chi connectivity index (χ0) is 11.7. The maximum atomic E-state index is 5.82. The second-order valence-corrected chi connectivity index (χ2v) is 5.06. The third-order valence-electron chi connectivity index (χ3n) is 3.75. The first-order valence-corrected chi connectivity index (χ1v) is 6.63. The van der Waals surface area contributed by atoms with Gasteiger partial charge in [0.2, 0.25) is 5.89 Å². The first-order valence-electron chi connectivity index (χ1n) is 6.63. The molecule has 0 radical (unpaired) electrons. The molecule has 0 saturated carbocycles. The number of ether oxygens (including phenoxy) is 1. The molecule has 1 N–H and O–H groups in total. The van der Waals surface area contributed by atoms with Gasteiger partial charge in [-0.15, -0.1) is 0 Å². The Kier molecular flexibility index (Phi) is 3.16. The number of aromatic nitrogens is 1. The number of hydrogen-bond donors (Lipinski definition) is 1. The lowest BCUT2D eigenvalue weighted by Gasteiger charge is -2.20. The number of aryl methyl sites for hydroxylation is 1. The van der Waals surface area contributed by atoms with E-state index < -0.39 is 0 Å². The molecule has 0 aliphatic carbocycles. The van der Waals surface area contributed by atoms with Crippen LogP contribution in [-0.2, 0) is 4.74 Å². The number of hydrogen-bond acceptors (Lipinski definition) is 4. The van der Waals surface area contributed by atoms with Gasteiger partial charge in [0, 0.05) is 12.5 Å². The molecule has 2 unspecified atom stereocenters. The summed E-state index contributed by atoms with van der Waals surface area (Å²) in [6.45, 7) is 4.79. The largest absolute Gasteiger partial charge is 0.444 e. The first kappa shape index (κ1) is 11.2. The van der Waals surface area contributed by atoms with Crippen LogP contribution in [0.2, 0.25) is 0 Å². The Hall–Kier alpha value is -0.870. The zero-order valence-corrected chi connectivity index (χ0v) is 10.4. The highest BCUT2D eigenvalue weighted by Crippen LogP contribution is 2.31. The van der Waals surface area contributed by atoms with E-state index >= 15 is 0 Å². The number of rotatable bonds is 2. The van der Waals surface area contributed by atoms with Crippen LogP contribution in [0.3, 0.4) is 0 Å². The van der Waals surface area contributed by atoms with E-state index in [4.69, 9.17) is 14.1 Å². The van der Waals surface area contributed by atoms with Gasteiger partial charge in [0.15, 0.2) is 0 Å². The van der Waals surface area contributed by atoms with E-state index in [9.17, 15) is 0 Å². The van der Waals surface area contributed by atoms with E-state index in [1.807, 2.05) is 6.92 Å². The lowest BCUT2D eigenvalue weighted by atomic mass is 9.98. The number of nitrogens with zero attached hydrogens (tertiary/aromatic N) is 1. The summed E-state index contributed by atoms with van der Waals surface area (Å²) in [7, 11) is 0. The van der Waals surface area contributed by atoms with Crippen LogP contribution >= 0.6 is 0 Å². The van der Waals surface area contributed by atoms with Crippen LogP contribution in [0.1, 0.15) is 55.0 Å². The van der Waals surface area contributed by atoms with E-state index in [0.29, 0.717) is 12.0 Å². The van der Waals surface area contributed by atoms with Crippen molar-refractivity contribution in [2.75, 3.05) is 19.8 Å². The van der Waals surface area contributed by atoms with Crippen LogP contribution < -0.4 is 5.32 Å². The summed E-state index contributed by atoms with van der Waals surface area (Å²) in [6, 6.07) is 0.326. The fourth-order valence-corrected chi connectivity index (χ4v) is 2.81. The SMILES string of the molecule is Cc1oc(C2CCCN2)nc1C1CCCOC1. The third kappa shape index (κ3) is 2.24. The normalized spacial score (nSPS) is 29.7. The molecule has 1 aromatic rings. The molecule has 17 heavy (non-hydrogen) atoms. The average Bonchev–Trinajstić information content (AvgIpc) is 2.99. The van der Waals surface area contributed by atoms with E-state index in [0.717, 1.165) is 49.9 Å². The quantitative estimate of drug-likeness (QED) is 0.856. The van der Waals surface area contributed by atoms with E-state index in [2.05, 4.69) is 5.32 Å². The summed E-state index contributed by atoms with van der Waals surface area (Å²) in [4.78, 5) is 4.71. The summed E-state index contributed by atoms with van der Waals surface area (Å²) in [5.41, 5.74) is 1.12. The first-order chi connectivity index (χ1) is 8.34. The van der Waals surface area contributed by atoms with E-state index in [1.165, 1.54) is 12.8 Å². The van der Waals surface area contributed by atoms with Crippen LogP contribution in [-0.4, -0.2) is 24.7 Å². The zero-order valence-electron chi connectivity index (χ0n) is 10.4. The predicted molar refractivity (Wildman–Crippen MR) is 64.0 cm³/mol. The average molecular weight is 236 g/mol. The van der Waals surface area contributed by atoms with Crippen molar-refractivity contribution >= 4 is 0 Å². The highest BCUT2D eigenvalue weighted by molar-refractivity contribution is 5.16. The molecule has 0 aromatic carbocycles. The minimum atomic E-state index is 0.326. The lowest BCUT2D eigenvalue weighted by Crippen LogP contribution is -2.17. The summed E-state index contributed by atoms with van der Waals surface area (Å²) >= 11 is 0. The molecule has 4 nitrogen and oxygen atoms in total. The van der Waals surface area contributed by atoms with Gasteiger partial charge in [0.25, 0.3) is 0 Å². The molecule has 0 bridgehead atoms. The summed E-state index contributed by atoms with van der Waals surface area (Å²) in [5.74, 6) is 2.28. The minimum Gasteiger partial charge on any atom is -0.444 e. The summed E-state index contributed by atoms with van der Waals surface area (Å²) < 4.78 is 11.4. The Bertz CT molecular complexity index is 377. The molecule has 2 aliphatic heterocycles. The predicted octanol–water partition coefficient (Wildman–Crippen LogP) is 2.30. The van der Waals surface area contributed by atoms with Gasteiger partial charge in [-0.1, -0.05) is 0 Å². The van der Waals surface area contributed by atoms with Gasteiger partial charge in [-0.3, -0.25) is 0 Å².